The number of hydrogen-bond acceptors (Lipinski definition) is 8. The highest BCUT2D eigenvalue weighted by Gasteiger charge is 2.35. The largest absolute Gasteiger partial charge is 0.358 e. The Labute approximate surface area is 151 Å². The standard InChI is InChI=1S/C8H15N2O10P3S2/c11-7-1-2-10(8(12)9-7)5-18-3-4-19-23(24,25)20-22(16,17)6-21(13,14)15/h1-2H,3-6H2,(H,16,17)(H,24,25)(H,9,11,12)(H2,13,14,15). The Bertz CT molecular complexity index is 847. The van der Waals surface area contributed by atoms with Crippen LogP contribution in [0.25, 0.3) is 0 Å². The Morgan fingerprint density at radius 2 is 1.88 bits per heavy atom. The van der Waals surface area contributed by atoms with Crippen molar-refractivity contribution in [3.63, 3.8) is 0 Å². The van der Waals surface area contributed by atoms with E-state index in [9.17, 15) is 23.6 Å². The van der Waals surface area contributed by atoms with Crippen LogP contribution < -0.4 is 11.2 Å². The maximum Gasteiger partial charge on any atom is 0.346 e. The van der Waals surface area contributed by atoms with E-state index in [2.05, 4.69) is 16.6 Å². The van der Waals surface area contributed by atoms with Crippen molar-refractivity contribution in [3.8, 4) is 0 Å². The van der Waals surface area contributed by atoms with Crippen molar-refractivity contribution in [2.75, 3.05) is 19.1 Å². The van der Waals surface area contributed by atoms with Gasteiger partial charge >= 0.3 is 20.9 Å². The third-order valence-corrected chi connectivity index (χ3v) is 9.38. The van der Waals surface area contributed by atoms with Gasteiger partial charge in [0.2, 0.25) is 0 Å². The van der Waals surface area contributed by atoms with Crippen LogP contribution in [-0.2, 0) is 41.2 Å². The highest BCUT2D eigenvalue weighted by atomic mass is 32.9. The van der Waals surface area contributed by atoms with Gasteiger partial charge in [-0.15, -0.1) is 0 Å². The molecule has 0 bridgehead atoms. The molecule has 0 saturated heterocycles. The minimum absolute atomic E-state index is 0.109. The first-order valence-corrected chi connectivity index (χ1v) is 13.6. The minimum Gasteiger partial charge on any atom is -0.358 e. The molecule has 1 rings (SSSR count). The number of rotatable bonds is 10. The molecule has 0 radical (unpaired) electrons. The van der Waals surface area contributed by atoms with Gasteiger partial charge in [-0.2, -0.15) is 0 Å². The number of hydrogen-bond donors (Lipinski definition) is 5. The highest BCUT2D eigenvalue weighted by Crippen LogP contribution is 2.68. The molecule has 2 atom stereocenters. The molecule has 0 aromatic carbocycles. The van der Waals surface area contributed by atoms with Crippen LogP contribution in [0.15, 0.2) is 21.9 Å². The molecule has 0 aliphatic heterocycles. The van der Waals surface area contributed by atoms with Gasteiger partial charge in [-0.05, 0) is 11.8 Å². The molecule has 1 aromatic rings. The van der Waals surface area contributed by atoms with Gasteiger partial charge in [0, 0.05) is 12.3 Å². The first kappa shape index (κ1) is 22.9. The van der Waals surface area contributed by atoms with Gasteiger partial charge in [-0.1, -0.05) is 12.2 Å². The van der Waals surface area contributed by atoms with E-state index < -0.39 is 38.0 Å². The zero-order valence-corrected chi connectivity index (χ0v) is 16.7. The van der Waals surface area contributed by atoms with Crippen LogP contribution in [0.1, 0.15) is 0 Å². The van der Waals surface area contributed by atoms with Crippen LogP contribution in [-0.4, -0.2) is 43.3 Å². The molecule has 25 heavy (non-hydrogen) atoms. The van der Waals surface area contributed by atoms with E-state index in [4.69, 9.17) is 30.9 Å². The molecule has 1 aromatic heterocycles. The predicted octanol–water partition coefficient (Wildman–Crippen LogP) is 0.0188. The maximum atomic E-state index is 11.6. The molecule has 17 heteroatoms. The molecule has 0 fully saturated rings. The van der Waals surface area contributed by atoms with Crippen molar-refractivity contribution in [2.24, 2.45) is 0 Å². The average molecular weight is 456 g/mol. The first-order valence-electron chi connectivity index (χ1n) is 6.22. The van der Waals surface area contributed by atoms with Crippen LogP contribution in [0.3, 0.4) is 0 Å². The molecular weight excluding hydrogens is 441 g/mol. The second kappa shape index (κ2) is 9.20. The van der Waals surface area contributed by atoms with E-state index in [0.29, 0.717) is 0 Å². The van der Waals surface area contributed by atoms with E-state index in [1.165, 1.54) is 6.20 Å². The number of ether oxygens (including phenoxy) is 1. The summed E-state index contributed by atoms with van der Waals surface area (Å²) in [4.78, 5) is 51.0. The maximum absolute atomic E-state index is 11.6. The Balaban J connectivity index is 2.43. The van der Waals surface area contributed by atoms with Crippen molar-refractivity contribution >= 4 is 44.9 Å². The molecule has 1 heterocycles. The van der Waals surface area contributed by atoms with Gasteiger partial charge in [0.25, 0.3) is 11.3 Å². The average Bonchev–Trinajstić information content (AvgIpc) is 2.36. The van der Waals surface area contributed by atoms with Crippen LogP contribution >= 0.6 is 33.1 Å². The summed E-state index contributed by atoms with van der Waals surface area (Å²) in [5.41, 5.74) is -4.78. The molecule has 2 unspecified atom stereocenters. The summed E-state index contributed by atoms with van der Waals surface area (Å²) in [6.07, 6.45) is 1.22. The Morgan fingerprint density at radius 1 is 1.24 bits per heavy atom. The van der Waals surface area contributed by atoms with Crippen molar-refractivity contribution < 1.29 is 37.4 Å². The molecule has 0 saturated carbocycles. The Morgan fingerprint density at radius 3 is 2.44 bits per heavy atom. The number of nitrogens with one attached hydrogen (secondary N) is 1. The topological polar surface area (TPSA) is 177 Å². The summed E-state index contributed by atoms with van der Waals surface area (Å²) >= 11 is 8.53. The number of nitrogens with zero attached hydrogens (tertiary/aromatic N) is 1. The Hall–Kier alpha value is -0.100. The van der Waals surface area contributed by atoms with E-state index in [1.54, 1.807) is 0 Å². The third kappa shape index (κ3) is 9.97. The molecule has 4 N–H and O–H groups in total. The molecule has 0 aliphatic rings. The van der Waals surface area contributed by atoms with Gasteiger partial charge in [0.1, 0.15) is 6.73 Å². The number of aromatic amines is 1. The predicted molar refractivity (Wildman–Crippen MR) is 94.3 cm³/mol. The fourth-order valence-electron chi connectivity index (χ4n) is 1.36. The lowest BCUT2D eigenvalue weighted by atomic mass is 10.6. The second-order valence-corrected chi connectivity index (χ2v) is 13.9. The lowest BCUT2D eigenvalue weighted by Crippen LogP contribution is -2.29. The smallest absolute Gasteiger partial charge is 0.346 e. The zero-order valence-electron chi connectivity index (χ0n) is 12.3. The van der Waals surface area contributed by atoms with Gasteiger partial charge < -0.3 is 23.9 Å². The summed E-state index contributed by atoms with van der Waals surface area (Å²) < 4.78 is 38.0. The van der Waals surface area contributed by atoms with E-state index >= 15 is 0 Å². The highest BCUT2D eigenvalue weighted by molar-refractivity contribution is 8.60. The van der Waals surface area contributed by atoms with Crippen LogP contribution in [0.4, 0.5) is 0 Å². The number of H-pyrrole nitrogens is 1. The van der Waals surface area contributed by atoms with E-state index in [0.717, 1.165) is 10.6 Å². The monoisotopic (exact) mass is 456 g/mol. The van der Waals surface area contributed by atoms with Gasteiger partial charge in [-0.3, -0.25) is 23.5 Å². The van der Waals surface area contributed by atoms with E-state index in [1.807, 2.05) is 4.98 Å². The fraction of sp³-hybridized carbons (Fsp3) is 0.500. The third-order valence-electron chi connectivity index (χ3n) is 2.20. The summed E-state index contributed by atoms with van der Waals surface area (Å²) in [6, 6.07) is 1.13. The van der Waals surface area contributed by atoms with Gasteiger partial charge in [-0.25, -0.2) is 9.11 Å². The zero-order chi connectivity index (χ0) is 19.3. The normalized spacial score (nSPS) is 17.0. The summed E-state index contributed by atoms with van der Waals surface area (Å²) in [7, 11) is -9.48. The summed E-state index contributed by atoms with van der Waals surface area (Å²) in [6.45, 7) is -0.539. The van der Waals surface area contributed by atoms with Gasteiger partial charge in [0.15, 0.2) is 5.90 Å². The fourth-order valence-corrected chi connectivity index (χ4v) is 8.11. The first-order chi connectivity index (χ1) is 11.3. The molecule has 0 spiro atoms. The van der Waals surface area contributed by atoms with Crippen LogP contribution in [0, 0.1) is 0 Å². The van der Waals surface area contributed by atoms with Crippen molar-refractivity contribution in [2.45, 2.75) is 6.73 Å². The van der Waals surface area contributed by atoms with Crippen molar-refractivity contribution in [1.82, 2.24) is 9.55 Å². The molecule has 12 nitrogen and oxygen atoms in total. The molecule has 0 amide bonds. The second-order valence-electron chi connectivity index (χ2n) is 4.44. The molecule has 144 valence electrons. The number of aromatic nitrogens is 2. The van der Waals surface area contributed by atoms with Gasteiger partial charge in [0.05, 0.1) is 13.2 Å². The summed E-state index contributed by atoms with van der Waals surface area (Å²) in [5, 5.41) is 0. The van der Waals surface area contributed by atoms with Crippen molar-refractivity contribution in [1.29, 1.82) is 0 Å². The van der Waals surface area contributed by atoms with Crippen LogP contribution in [0.2, 0.25) is 0 Å². The quantitative estimate of drug-likeness (QED) is 0.182. The Kier molecular flexibility index (Phi) is 8.45. The SMILES string of the molecule is O=c1ccn(COCCOP(=S)(S)OP(=O)(O)CP(=O)(O)O)c(=O)[nH]1. The lowest BCUT2D eigenvalue weighted by molar-refractivity contribution is 0.0524. The molecule has 0 aliphatic carbocycles. The lowest BCUT2D eigenvalue weighted by Gasteiger charge is -2.20. The minimum atomic E-state index is -4.79. The van der Waals surface area contributed by atoms with Crippen molar-refractivity contribution in [3.05, 3.63) is 33.1 Å². The van der Waals surface area contributed by atoms with E-state index in [-0.39, 0.29) is 19.9 Å². The number of thiol groups is 1. The summed E-state index contributed by atoms with van der Waals surface area (Å²) in [5.74, 6) is -1.41. The molecular formula is C8H15N2O10P3S2. The van der Waals surface area contributed by atoms with Crippen LogP contribution in [0.5, 0.6) is 0 Å².